The maximum atomic E-state index is 9.28. The minimum Gasteiger partial charge on any atom is -0.393 e. The Labute approximate surface area is 97.9 Å². The summed E-state index contributed by atoms with van der Waals surface area (Å²) in [6, 6.07) is 8.18. The van der Waals surface area contributed by atoms with Gasteiger partial charge in [-0.25, -0.2) is 0 Å². The van der Waals surface area contributed by atoms with Crippen LogP contribution in [-0.4, -0.2) is 24.8 Å². The highest BCUT2D eigenvalue weighted by molar-refractivity contribution is 5.54. The summed E-state index contributed by atoms with van der Waals surface area (Å²) in [5, 5.41) is 9.28. The Hall–Kier alpha value is -1.06. The normalized spacial score (nSPS) is 14.6. The number of hydrogen-bond acceptors (Lipinski definition) is 3. The van der Waals surface area contributed by atoms with Crippen molar-refractivity contribution in [3.05, 3.63) is 29.8 Å². The zero-order valence-electron chi connectivity index (χ0n) is 10.4. The molecule has 2 atom stereocenters. The molecule has 1 rings (SSSR count). The second-order valence-electron chi connectivity index (χ2n) is 4.41. The van der Waals surface area contributed by atoms with Gasteiger partial charge in [0.1, 0.15) is 0 Å². The van der Waals surface area contributed by atoms with Crippen LogP contribution in [0.2, 0.25) is 0 Å². The zero-order chi connectivity index (χ0) is 12.1. The van der Waals surface area contributed by atoms with Gasteiger partial charge in [0.05, 0.1) is 6.10 Å². The van der Waals surface area contributed by atoms with Gasteiger partial charge in [0.25, 0.3) is 0 Å². The van der Waals surface area contributed by atoms with E-state index in [9.17, 15) is 5.11 Å². The number of anilines is 1. The third-order valence-electron chi connectivity index (χ3n) is 2.72. The number of rotatable bonds is 5. The molecule has 3 nitrogen and oxygen atoms in total. The average Bonchev–Trinajstić information content (AvgIpc) is 2.25. The summed E-state index contributed by atoms with van der Waals surface area (Å²) in [7, 11) is 2.03. The predicted molar refractivity (Wildman–Crippen MR) is 68.6 cm³/mol. The van der Waals surface area contributed by atoms with Gasteiger partial charge in [-0.2, -0.15) is 0 Å². The molecule has 0 saturated carbocycles. The number of para-hydroxylation sites is 1. The number of nitrogens with zero attached hydrogens (tertiary/aromatic N) is 1. The van der Waals surface area contributed by atoms with Gasteiger partial charge < -0.3 is 15.7 Å². The van der Waals surface area contributed by atoms with Crippen LogP contribution in [0, 0.1) is 0 Å². The Bertz CT molecular complexity index is 323. The third kappa shape index (κ3) is 3.51. The standard InChI is InChI=1S/C13H22N2O/c1-10(16)8-9-15(3)13-7-5-4-6-12(13)11(2)14/h4-7,10-11,16H,8-9,14H2,1-3H3/t10?,11-/m1/s1. The molecular weight excluding hydrogens is 200 g/mol. The van der Waals surface area contributed by atoms with Crippen LogP contribution >= 0.6 is 0 Å². The number of benzene rings is 1. The number of nitrogens with two attached hydrogens (primary N) is 1. The van der Waals surface area contributed by atoms with Crippen molar-refractivity contribution in [1.82, 2.24) is 0 Å². The molecule has 0 spiro atoms. The monoisotopic (exact) mass is 222 g/mol. The Balaban J connectivity index is 2.77. The minimum absolute atomic E-state index is 0.0326. The highest BCUT2D eigenvalue weighted by Gasteiger charge is 2.10. The Morgan fingerprint density at radius 1 is 1.31 bits per heavy atom. The van der Waals surface area contributed by atoms with E-state index in [1.54, 1.807) is 0 Å². The number of aliphatic hydroxyl groups excluding tert-OH is 1. The molecule has 0 aliphatic rings. The second-order valence-corrected chi connectivity index (χ2v) is 4.41. The highest BCUT2D eigenvalue weighted by Crippen LogP contribution is 2.24. The molecule has 1 aromatic rings. The molecule has 0 aliphatic heterocycles. The first-order valence-corrected chi connectivity index (χ1v) is 5.76. The van der Waals surface area contributed by atoms with Crippen LogP contribution in [0.4, 0.5) is 5.69 Å². The van der Waals surface area contributed by atoms with E-state index in [4.69, 9.17) is 5.73 Å². The van der Waals surface area contributed by atoms with Crippen LogP contribution in [0.5, 0.6) is 0 Å². The average molecular weight is 222 g/mol. The molecule has 90 valence electrons. The molecule has 0 heterocycles. The molecule has 3 N–H and O–H groups in total. The van der Waals surface area contributed by atoms with Crippen molar-refractivity contribution < 1.29 is 5.11 Å². The van der Waals surface area contributed by atoms with Crippen molar-refractivity contribution in [2.75, 3.05) is 18.5 Å². The van der Waals surface area contributed by atoms with E-state index in [0.29, 0.717) is 0 Å². The van der Waals surface area contributed by atoms with Crippen LogP contribution in [0.25, 0.3) is 0 Å². The van der Waals surface area contributed by atoms with E-state index >= 15 is 0 Å². The van der Waals surface area contributed by atoms with E-state index in [0.717, 1.165) is 24.2 Å². The Kier molecular flexibility index (Phi) is 4.77. The van der Waals surface area contributed by atoms with Gasteiger partial charge in [0.2, 0.25) is 0 Å². The fourth-order valence-corrected chi connectivity index (χ4v) is 1.72. The summed E-state index contributed by atoms with van der Waals surface area (Å²) in [4.78, 5) is 2.14. The first-order valence-electron chi connectivity index (χ1n) is 5.76. The quantitative estimate of drug-likeness (QED) is 0.800. The lowest BCUT2D eigenvalue weighted by Gasteiger charge is -2.24. The molecule has 0 bridgehead atoms. The van der Waals surface area contributed by atoms with Crippen molar-refractivity contribution in [1.29, 1.82) is 0 Å². The summed E-state index contributed by atoms with van der Waals surface area (Å²) in [6.07, 6.45) is 0.508. The summed E-state index contributed by atoms with van der Waals surface area (Å²) >= 11 is 0. The van der Waals surface area contributed by atoms with Gasteiger partial charge >= 0.3 is 0 Å². The van der Waals surface area contributed by atoms with Crippen LogP contribution in [-0.2, 0) is 0 Å². The van der Waals surface area contributed by atoms with Crippen molar-refractivity contribution in [3.63, 3.8) is 0 Å². The zero-order valence-corrected chi connectivity index (χ0v) is 10.4. The third-order valence-corrected chi connectivity index (χ3v) is 2.72. The maximum absolute atomic E-state index is 9.28. The molecule has 0 radical (unpaired) electrons. The van der Waals surface area contributed by atoms with E-state index in [-0.39, 0.29) is 12.1 Å². The van der Waals surface area contributed by atoms with E-state index in [2.05, 4.69) is 17.0 Å². The molecule has 0 aromatic heterocycles. The minimum atomic E-state index is -0.259. The number of hydrogen-bond donors (Lipinski definition) is 2. The van der Waals surface area contributed by atoms with Crippen LogP contribution in [0.3, 0.4) is 0 Å². The van der Waals surface area contributed by atoms with Gasteiger partial charge in [-0.3, -0.25) is 0 Å². The molecule has 0 saturated heterocycles. The molecule has 0 aliphatic carbocycles. The molecular formula is C13H22N2O. The van der Waals surface area contributed by atoms with E-state index in [1.165, 1.54) is 0 Å². The first-order chi connectivity index (χ1) is 7.52. The van der Waals surface area contributed by atoms with Crippen molar-refractivity contribution in [2.24, 2.45) is 5.73 Å². The van der Waals surface area contributed by atoms with Gasteiger partial charge in [0, 0.05) is 25.3 Å². The van der Waals surface area contributed by atoms with Crippen molar-refractivity contribution in [2.45, 2.75) is 32.4 Å². The van der Waals surface area contributed by atoms with Crippen molar-refractivity contribution >= 4 is 5.69 Å². The number of aliphatic hydroxyl groups is 1. The Morgan fingerprint density at radius 3 is 2.50 bits per heavy atom. The lowest BCUT2D eigenvalue weighted by Crippen LogP contribution is -2.24. The fourth-order valence-electron chi connectivity index (χ4n) is 1.72. The van der Waals surface area contributed by atoms with Gasteiger partial charge in [-0.05, 0) is 31.9 Å². The summed E-state index contributed by atoms with van der Waals surface area (Å²) in [5.74, 6) is 0. The van der Waals surface area contributed by atoms with Crippen molar-refractivity contribution in [3.8, 4) is 0 Å². The smallest absolute Gasteiger partial charge is 0.0528 e. The largest absolute Gasteiger partial charge is 0.393 e. The topological polar surface area (TPSA) is 49.5 Å². The van der Waals surface area contributed by atoms with Crippen LogP contribution in [0.15, 0.2) is 24.3 Å². The van der Waals surface area contributed by atoms with Gasteiger partial charge in [-0.1, -0.05) is 18.2 Å². The SMILES string of the molecule is CC(O)CCN(C)c1ccccc1[C@@H](C)N. The molecule has 3 heteroatoms. The van der Waals surface area contributed by atoms with Gasteiger partial charge in [-0.15, -0.1) is 0 Å². The van der Waals surface area contributed by atoms with Crippen LogP contribution < -0.4 is 10.6 Å². The van der Waals surface area contributed by atoms with Crippen LogP contribution in [0.1, 0.15) is 31.9 Å². The fraction of sp³-hybridized carbons (Fsp3) is 0.538. The molecule has 1 aromatic carbocycles. The highest BCUT2D eigenvalue weighted by atomic mass is 16.3. The second kappa shape index (κ2) is 5.87. The first kappa shape index (κ1) is 13.0. The molecule has 1 unspecified atom stereocenters. The summed E-state index contributed by atoms with van der Waals surface area (Å²) in [6.45, 7) is 4.63. The van der Waals surface area contributed by atoms with Gasteiger partial charge in [0.15, 0.2) is 0 Å². The predicted octanol–water partition coefficient (Wildman–Crippen LogP) is 1.91. The van der Waals surface area contributed by atoms with E-state index in [1.807, 2.05) is 33.0 Å². The molecule has 0 amide bonds. The lowest BCUT2D eigenvalue weighted by molar-refractivity contribution is 0.187. The summed E-state index contributed by atoms with van der Waals surface area (Å²) in [5.41, 5.74) is 8.23. The molecule has 16 heavy (non-hydrogen) atoms. The Morgan fingerprint density at radius 2 is 1.94 bits per heavy atom. The summed E-state index contributed by atoms with van der Waals surface area (Å²) < 4.78 is 0. The van der Waals surface area contributed by atoms with E-state index < -0.39 is 0 Å². The lowest BCUT2D eigenvalue weighted by atomic mass is 10.1. The molecule has 0 fully saturated rings. The maximum Gasteiger partial charge on any atom is 0.0528 e.